The average Bonchev–Trinajstić information content (AvgIpc) is 2.79. The molecule has 118 valence electrons. The molecule has 1 heterocycles. The van der Waals surface area contributed by atoms with Gasteiger partial charge in [0.25, 0.3) is 0 Å². The van der Waals surface area contributed by atoms with Crippen molar-refractivity contribution in [3.05, 3.63) is 0 Å². The highest BCUT2D eigenvalue weighted by Crippen LogP contribution is 2.25. The first-order chi connectivity index (χ1) is 9.07. The fourth-order valence-corrected chi connectivity index (χ4v) is 3.96. The second kappa shape index (κ2) is 8.43. The number of amides is 1. The lowest BCUT2D eigenvalue weighted by Gasteiger charge is -2.25. The molecule has 0 aromatic heterocycles. The van der Waals surface area contributed by atoms with Crippen LogP contribution >= 0.6 is 24.2 Å². The maximum Gasteiger partial charge on any atom is 0.238 e. The number of rotatable bonds is 7. The maximum absolute atomic E-state index is 11.7. The minimum absolute atomic E-state index is 0. The van der Waals surface area contributed by atoms with Crippen LogP contribution < -0.4 is 15.4 Å². The van der Waals surface area contributed by atoms with Gasteiger partial charge in [-0.2, -0.15) is 0 Å². The number of nitrogens with one attached hydrogen (secondary N) is 3. The summed E-state index contributed by atoms with van der Waals surface area (Å²) in [6, 6.07) is -0.185. The van der Waals surface area contributed by atoms with Crippen LogP contribution in [0, 0.1) is 5.92 Å². The second-order valence-electron chi connectivity index (χ2n) is 5.03. The van der Waals surface area contributed by atoms with Gasteiger partial charge in [0.15, 0.2) is 0 Å². The standard InChI is InChI=1S/C11H21N3O3S2.ClH/c15-11(10-7-18-8-13-10)12-4-5-19(16,17)14-6-9-2-1-3-9;/h9-10,13-14H,1-8H2,(H,12,15);1H. The van der Waals surface area contributed by atoms with Crippen LogP contribution in [0.15, 0.2) is 0 Å². The van der Waals surface area contributed by atoms with E-state index in [-0.39, 0.29) is 36.7 Å². The van der Waals surface area contributed by atoms with Gasteiger partial charge in [0.05, 0.1) is 11.8 Å². The minimum atomic E-state index is -3.26. The van der Waals surface area contributed by atoms with Crippen molar-refractivity contribution in [2.75, 3.05) is 30.5 Å². The number of carbonyl (C=O) groups excluding carboxylic acids is 1. The van der Waals surface area contributed by atoms with Gasteiger partial charge in [-0.15, -0.1) is 24.2 Å². The van der Waals surface area contributed by atoms with Crippen LogP contribution in [0.1, 0.15) is 19.3 Å². The van der Waals surface area contributed by atoms with Crippen LogP contribution in [-0.4, -0.2) is 50.8 Å². The molecule has 0 spiro atoms. The van der Waals surface area contributed by atoms with Crippen LogP contribution in [0.4, 0.5) is 0 Å². The molecule has 2 fully saturated rings. The third kappa shape index (κ3) is 5.77. The van der Waals surface area contributed by atoms with Crippen LogP contribution in [-0.2, 0) is 14.8 Å². The molecule has 20 heavy (non-hydrogen) atoms. The van der Waals surface area contributed by atoms with E-state index in [2.05, 4.69) is 15.4 Å². The van der Waals surface area contributed by atoms with E-state index in [1.54, 1.807) is 11.8 Å². The van der Waals surface area contributed by atoms with Crippen molar-refractivity contribution >= 4 is 40.1 Å². The van der Waals surface area contributed by atoms with Crippen LogP contribution in [0.5, 0.6) is 0 Å². The Balaban J connectivity index is 0.00000200. The lowest BCUT2D eigenvalue weighted by Crippen LogP contribution is -2.44. The van der Waals surface area contributed by atoms with Gasteiger partial charge in [0, 0.05) is 24.7 Å². The van der Waals surface area contributed by atoms with Crippen molar-refractivity contribution in [3.63, 3.8) is 0 Å². The Labute approximate surface area is 130 Å². The van der Waals surface area contributed by atoms with E-state index in [9.17, 15) is 13.2 Å². The zero-order valence-corrected chi connectivity index (χ0v) is 13.7. The summed E-state index contributed by atoms with van der Waals surface area (Å²) in [5, 5.41) is 5.71. The highest BCUT2D eigenvalue weighted by molar-refractivity contribution is 7.99. The summed E-state index contributed by atoms with van der Waals surface area (Å²) in [7, 11) is -3.26. The summed E-state index contributed by atoms with van der Waals surface area (Å²) in [6.45, 7) is 0.707. The Bertz CT molecular complexity index is 409. The molecule has 0 aromatic rings. The molecule has 1 aliphatic carbocycles. The van der Waals surface area contributed by atoms with Gasteiger partial charge >= 0.3 is 0 Å². The fourth-order valence-electron chi connectivity index (χ4n) is 2.01. The summed E-state index contributed by atoms with van der Waals surface area (Å²) in [6.07, 6.45) is 3.43. The molecule has 2 aliphatic rings. The second-order valence-corrected chi connectivity index (χ2v) is 7.98. The van der Waals surface area contributed by atoms with Crippen molar-refractivity contribution in [2.24, 2.45) is 5.92 Å². The van der Waals surface area contributed by atoms with Crippen molar-refractivity contribution in [2.45, 2.75) is 25.3 Å². The summed E-state index contributed by atoms with van der Waals surface area (Å²) in [4.78, 5) is 11.7. The molecular weight excluding hydrogens is 322 g/mol. The van der Waals surface area contributed by atoms with E-state index in [1.165, 1.54) is 6.42 Å². The highest BCUT2D eigenvalue weighted by Gasteiger charge is 2.23. The van der Waals surface area contributed by atoms with Gasteiger partial charge in [0.2, 0.25) is 15.9 Å². The summed E-state index contributed by atoms with van der Waals surface area (Å²) >= 11 is 1.67. The summed E-state index contributed by atoms with van der Waals surface area (Å²) in [5.74, 6) is 1.87. The van der Waals surface area contributed by atoms with Crippen molar-refractivity contribution in [1.29, 1.82) is 0 Å². The molecule has 1 saturated heterocycles. The van der Waals surface area contributed by atoms with Gasteiger partial charge in [-0.05, 0) is 18.8 Å². The summed E-state index contributed by atoms with van der Waals surface area (Å²) < 4.78 is 26.0. The van der Waals surface area contributed by atoms with Crippen molar-refractivity contribution in [3.8, 4) is 0 Å². The zero-order chi connectivity index (χ0) is 13.7. The molecule has 0 aromatic carbocycles. The van der Waals surface area contributed by atoms with Crippen molar-refractivity contribution < 1.29 is 13.2 Å². The Morgan fingerprint density at radius 1 is 1.35 bits per heavy atom. The highest BCUT2D eigenvalue weighted by atomic mass is 35.5. The molecule has 1 amide bonds. The van der Waals surface area contributed by atoms with E-state index in [0.717, 1.165) is 24.5 Å². The van der Waals surface area contributed by atoms with Gasteiger partial charge < -0.3 is 5.32 Å². The Kier molecular flexibility index (Phi) is 7.60. The van der Waals surface area contributed by atoms with Gasteiger partial charge in [-0.25, -0.2) is 13.1 Å². The third-order valence-electron chi connectivity index (χ3n) is 3.52. The number of hydrogen-bond donors (Lipinski definition) is 3. The van der Waals surface area contributed by atoms with E-state index >= 15 is 0 Å². The number of carbonyl (C=O) groups is 1. The minimum Gasteiger partial charge on any atom is -0.354 e. The zero-order valence-electron chi connectivity index (χ0n) is 11.3. The molecule has 2 rings (SSSR count). The molecular formula is C11H22ClN3O3S2. The molecule has 1 atom stereocenters. The van der Waals surface area contributed by atoms with E-state index in [4.69, 9.17) is 0 Å². The van der Waals surface area contributed by atoms with Crippen LogP contribution in [0.3, 0.4) is 0 Å². The Hall–Kier alpha value is -0.0200. The molecule has 1 aliphatic heterocycles. The Morgan fingerprint density at radius 2 is 2.10 bits per heavy atom. The molecule has 0 radical (unpaired) electrons. The fraction of sp³-hybridized carbons (Fsp3) is 0.909. The lowest BCUT2D eigenvalue weighted by atomic mass is 9.86. The molecule has 6 nitrogen and oxygen atoms in total. The van der Waals surface area contributed by atoms with E-state index < -0.39 is 10.0 Å². The smallest absolute Gasteiger partial charge is 0.238 e. The molecule has 1 unspecified atom stereocenters. The summed E-state index contributed by atoms with van der Waals surface area (Å²) in [5.41, 5.74) is 0. The SMILES string of the molecule is Cl.O=C(NCCS(=O)(=O)NCC1CCC1)C1CSCN1. The van der Waals surface area contributed by atoms with Crippen LogP contribution in [0.25, 0.3) is 0 Å². The number of halogens is 1. The normalized spacial score (nSPS) is 22.9. The van der Waals surface area contributed by atoms with Gasteiger partial charge in [-0.1, -0.05) is 6.42 Å². The predicted molar refractivity (Wildman–Crippen MR) is 83.6 cm³/mol. The predicted octanol–water partition coefficient (Wildman–Crippen LogP) is -0.0936. The first-order valence-electron chi connectivity index (χ1n) is 6.63. The Morgan fingerprint density at radius 3 is 2.65 bits per heavy atom. The molecule has 3 N–H and O–H groups in total. The quantitative estimate of drug-likeness (QED) is 0.601. The number of sulfonamides is 1. The largest absolute Gasteiger partial charge is 0.354 e. The van der Waals surface area contributed by atoms with Gasteiger partial charge in [0.1, 0.15) is 0 Å². The van der Waals surface area contributed by atoms with Crippen molar-refractivity contribution in [1.82, 2.24) is 15.4 Å². The molecule has 0 bridgehead atoms. The first kappa shape index (κ1) is 18.0. The molecule has 9 heteroatoms. The van der Waals surface area contributed by atoms with Gasteiger partial charge in [-0.3, -0.25) is 10.1 Å². The maximum atomic E-state index is 11.7. The molecule has 1 saturated carbocycles. The third-order valence-corrected chi connectivity index (χ3v) is 5.81. The lowest BCUT2D eigenvalue weighted by molar-refractivity contribution is -0.122. The number of thioether (sulfide) groups is 1. The average molecular weight is 344 g/mol. The first-order valence-corrected chi connectivity index (χ1v) is 9.44. The van der Waals surface area contributed by atoms with Crippen LogP contribution in [0.2, 0.25) is 0 Å². The number of hydrogen-bond acceptors (Lipinski definition) is 5. The topological polar surface area (TPSA) is 87.3 Å². The monoisotopic (exact) mass is 343 g/mol. The van der Waals surface area contributed by atoms with E-state index in [0.29, 0.717) is 12.5 Å². The van der Waals surface area contributed by atoms with E-state index in [1.807, 2.05) is 0 Å².